The third kappa shape index (κ3) is 2.52. The molecule has 0 amide bonds. The van der Waals surface area contributed by atoms with E-state index < -0.39 is 0 Å². The minimum absolute atomic E-state index is 0.519. The van der Waals surface area contributed by atoms with Crippen molar-refractivity contribution in [1.29, 1.82) is 0 Å². The van der Waals surface area contributed by atoms with Gasteiger partial charge in [-0.05, 0) is 6.92 Å². The van der Waals surface area contributed by atoms with Gasteiger partial charge in [-0.2, -0.15) is 0 Å². The molecule has 0 bridgehead atoms. The SMILES string of the molecule is CC1CSC(SCCN)=N1. The molecule has 0 aromatic carbocycles. The Morgan fingerprint density at radius 3 is 3.20 bits per heavy atom. The van der Waals surface area contributed by atoms with Gasteiger partial charge in [0.05, 0.1) is 6.04 Å². The Balaban J connectivity index is 2.22. The van der Waals surface area contributed by atoms with Crippen molar-refractivity contribution in [3.8, 4) is 0 Å². The summed E-state index contributed by atoms with van der Waals surface area (Å²) in [7, 11) is 0. The van der Waals surface area contributed by atoms with Gasteiger partial charge in [-0.25, -0.2) is 0 Å². The van der Waals surface area contributed by atoms with Gasteiger partial charge in [-0.3, -0.25) is 4.99 Å². The van der Waals surface area contributed by atoms with Gasteiger partial charge in [-0.1, -0.05) is 23.5 Å². The molecule has 0 radical (unpaired) electrons. The van der Waals surface area contributed by atoms with Crippen LogP contribution in [0.5, 0.6) is 0 Å². The zero-order valence-corrected chi connectivity index (χ0v) is 7.67. The molecule has 1 aliphatic rings. The molecule has 1 rings (SSSR count). The molecule has 0 spiro atoms. The Morgan fingerprint density at radius 1 is 1.90 bits per heavy atom. The van der Waals surface area contributed by atoms with Gasteiger partial charge in [0.25, 0.3) is 0 Å². The lowest BCUT2D eigenvalue weighted by molar-refractivity contribution is 0.867. The number of thioether (sulfide) groups is 2. The normalized spacial score (nSPS) is 25.0. The molecule has 4 heteroatoms. The third-order valence-electron chi connectivity index (χ3n) is 1.12. The van der Waals surface area contributed by atoms with Crippen LogP contribution < -0.4 is 5.73 Å². The van der Waals surface area contributed by atoms with Crippen molar-refractivity contribution < 1.29 is 0 Å². The molecule has 0 saturated heterocycles. The first-order chi connectivity index (χ1) is 4.83. The van der Waals surface area contributed by atoms with Crippen molar-refractivity contribution in [1.82, 2.24) is 0 Å². The topological polar surface area (TPSA) is 38.4 Å². The first kappa shape index (κ1) is 8.43. The van der Waals surface area contributed by atoms with Crippen LogP contribution in [0.25, 0.3) is 0 Å². The van der Waals surface area contributed by atoms with Crippen LogP contribution in [0.2, 0.25) is 0 Å². The summed E-state index contributed by atoms with van der Waals surface area (Å²) in [5, 5.41) is 0. The summed E-state index contributed by atoms with van der Waals surface area (Å²) in [6, 6.07) is 0.519. The fourth-order valence-corrected chi connectivity index (χ4v) is 2.72. The summed E-state index contributed by atoms with van der Waals surface area (Å²) in [5.41, 5.74) is 5.36. The number of rotatable bonds is 2. The highest BCUT2D eigenvalue weighted by Crippen LogP contribution is 2.25. The number of hydrogen-bond donors (Lipinski definition) is 1. The molecule has 0 aromatic heterocycles. The van der Waals surface area contributed by atoms with Crippen LogP contribution in [0, 0.1) is 0 Å². The Kier molecular flexibility index (Phi) is 3.59. The molecule has 2 nitrogen and oxygen atoms in total. The van der Waals surface area contributed by atoms with Crippen LogP contribution in [-0.2, 0) is 0 Å². The van der Waals surface area contributed by atoms with Gasteiger partial charge in [0.2, 0.25) is 0 Å². The van der Waals surface area contributed by atoms with E-state index in [1.807, 2.05) is 11.8 Å². The largest absolute Gasteiger partial charge is 0.330 e. The maximum absolute atomic E-state index is 5.36. The highest BCUT2D eigenvalue weighted by atomic mass is 32.2. The van der Waals surface area contributed by atoms with E-state index in [-0.39, 0.29) is 0 Å². The van der Waals surface area contributed by atoms with E-state index in [9.17, 15) is 0 Å². The zero-order chi connectivity index (χ0) is 7.40. The van der Waals surface area contributed by atoms with E-state index in [1.165, 1.54) is 4.38 Å². The van der Waals surface area contributed by atoms with Crippen LogP contribution in [0.3, 0.4) is 0 Å². The van der Waals surface area contributed by atoms with E-state index in [0.29, 0.717) is 6.04 Å². The lowest BCUT2D eigenvalue weighted by Crippen LogP contribution is -2.02. The molecular weight excluding hydrogens is 164 g/mol. The van der Waals surface area contributed by atoms with Gasteiger partial charge < -0.3 is 5.73 Å². The first-order valence-electron chi connectivity index (χ1n) is 3.36. The monoisotopic (exact) mass is 176 g/mol. The summed E-state index contributed by atoms with van der Waals surface area (Å²) in [4.78, 5) is 4.41. The minimum Gasteiger partial charge on any atom is -0.330 e. The molecule has 2 N–H and O–H groups in total. The molecule has 58 valence electrons. The van der Waals surface area contributed by atoms with Crippen LogP contribution in [0.1, 0.15) is 6.92 Å². The molecule has 1 heterocycles. The van der Waals surface area contributed by atoms with Crippen molar-refractivity contribution in [3.63, 3.8) is 0 Å². The summed E-state index contributed by atoms with van der Waals surface area (Å²) in [6.07, 6.45) is 0. The lowest BCUT2D eigenvalue weighted by Gasteiger charge is -1.94. The van der Waals surface area contributed by atoms with E-state index in [0.717, 1.165) is 18.1 Å². The summed E-state index contributed by atoms with van der Waals surface area (Å²) in [5.74, 6) is 2.14. The number of aliphatic imine (C=N–C) groups is 1. The maximum Gasteiger partial charge on any atom is 0.124 e. The van der Waals surface area contributed by atoms with Crippen molar-refractivity contribution in [3.05, 3.63) is 0 Å². The number of nitrogens with two attached hydrogens (primary N) is 1. The Bertz CT molecular complexity index is 136. The molecule has 0 aliphatic carbocycles. The smallest absolute Gasteiger partial charge is 0.124 e. The molecule has 0 aromatic rings. The molecule has 0 saturated carbocycles. The van der Waals surface area contributed by atoms with E-state index in [1.54, 1.807) is 11.8 Å². The van der Waals surface area contributed by atoms with E-state index >= 15 is 0 Å². The highest BCUT2D eigenvalue weighted by Gasteiger charge is 2.12. The fraction of sp³-hybridized carbons (Fsp3) is 0.833. The average Bonchev–Trinajstić information content (AvgIpc) is 2.31. The highest BCUT2D eigenvalue weighted by molar-refractivity contribution is 8.39. The number of hydrogen-bond acceptors (Lipinski definition) is 4. The molecular formula is C6H12N2S2. The van der Waals surface area contributed by atoms with Crippen molar-refractivity contribution >= 4 is 27.9 Å². The second kappa shape index (κ2) is 4.26. The second-order valence-electron chi connectivity index (χ2n) is 2.19. The van der Waals surface area contributed by atoms with E-state index in [2.05, 4.69) is 11.9 Å². The van der Waals surface area contributed by atoms with E-state index in [4.69, 9.17) is 5.73 Å². The standard InChI is InChI=1S/C6H12N2S2/c1-5-4-10-6(8-5)9-3-2-7/h5H,2-4,7H2,1H3. The van der Waals surface area contributed by atoms with Crippen molar-refractivity contribution in [2.24, 2.45) is 10.7 Å². The quantitative estimate of drug-likeness (QED) is 0.686. The average molecular weight is 176 g/mol. The summed E-state index contributed by atoms with van der Waals surface area (Å²) < 4.78 is 1.22. The van der Waals surface area contributed by atoms with Gasteiger partial charge >= 0.3 is 0 Å². The van der Waals surface area contributed by atoms with Crippen LogP contribution in [0.15, 0.2) is 4.99 Å². The summed E-state index contributed by atoms with van der Waals surface area (Å²) in [6.45, 7) is 2.89. The third-order valence-corrected chi connectivity index (χ3v) is 3.62. The molecule has 1 atom stereocenters. The Hall–Kier alpha value is 0.330. The van der Waals surface area contributed by atoms with Gasteiger partial charge in [0.15, 0.2) is 0 Å². The van der Waals surface area contributed by atoms with Crippen molar-refractivity contribution in [2.45, 2.75) is 13.0 Å². The lowest BCUT2D eigenvalue weighted by atomic mass is 10.4. The second-order valence-corrected chi connectivity index (χ2v) is 4.54. The van der Waals surface area contributed by atoms with Gasteiger partial charge in [0, 0.05) is 18.1 Å². The number of nitrogens with zero attached hydrogens (tertiary/aromatic N) is 1. The molecule has 0 fully saturated rings. The van der Waals surface area contributed by atoms with Crippen LogP contribution in [0.4, 0.5) is 0 Å². The summed E-state index contributed by atoms with van der Waals surface area (Å²) >= 11 is 3.62. The van der Waals surface area contributed by atoms with Crippen LogP contribution in [-0.4, -0.2) is 28.5 Å². The Morgan fingerprint density at radius 2 is 2.70 bits per heavy atom. The zero-order valence-electron chi connectivity index (χ0n) is 6.04. The minimum atomic E-state index is 0.519. The van der Waals surface area contributed by atoms with Crippen molar-refractivity contribution in [2.75, 3.05) is 18.1 Å². The Labute approximate surface area is 70.0 Å². The fourth-order valence-electron chi connectivity index (χ4n) is 0.672. The molecule has 1 aliphatic heterocycles. The van der Waals surface area contributed by atoms with Crippen LogP contribution >= 0.6 is 23.5 Å². The van der Waals surface area contributed by atoms with Gasteiger partial charge in [0.1, 0.15) is 4.38 Å². The van der Waals surface area contributed by atoms with Gasteiger partial charge in [-0.15, -0.1) is 0 Å². The molecule has 10 heavy (non-hydrogen) atoms. The predicted octanol–water partition coefficient (Wildman–Crippen LogP) is 1.17. The maximum atomic E-state index is 5.36. The predicted molar refractivity (Wildman–Crippen MR) is 50.9 cm³/mol. The molecule has 1 unspecified atom stereocenters. The first-order valence-corrected chi connectivity index (χ1v) is 5.33.